The molecule has 0 saturated carbocycles. The van der Waals surface area contributed by atoms with E-state index in [1.807, 2.05) is 0 Å². The molecule has 0 unspecified atom stereocenters. The summed E-state index contributed by atoms with van der Waals surface area (Å²) < 4.78 is 0. The Hall–Kier alpha value is -0.560. The minimum Gasteiger partial charge on any atom is -0.396 e. The van der Waals surface area contributed by atoms with Crippen molar-refractivity contribution < 1.29 is 5.11 Å². The summed E-state index contributed by atoms with van der Waals surface area (Å²) in [4.78, 5) is 0. The zero-order valence-electron chi connectivity index (χ0n) is 9.41. The second-order valence-corrected chi connectivity index (χ2v) is 3.54. The Morgan fingerprint density at radius 3 is 2.21 bits per heavy atom. The monoisotopic (exact) mass is 196 g/mol. The molecule has 0 aliphatic carbocycles. The minimum atomic E-state index is 0.349. The third-order valence-electron chi connectivity index (χ3n) is 2.15. The molecule has 0 aliphatic rings. The van der Waals surface area contributed by atoms with Crippen molar-refractivity contribution in [1.29, 1.82) is 0 Å². The summed E-state index contributed by atoms with van der Waals surface area (Å²) in [5, 5.41) is 8.57. The average Bonchev–Trinajstić information content (AvgIpc) is 2.21. The molecule has 0 aromatic heterocycles. The van der Waals surface area contributed by atoms with E-state index in [9.17, 15) is 0 Å². The predicted octanol–water partition coefficient (Wildman–Crippen LogP) is 3.84. The maximum atomic E-state index is 8.57. The quantitative estimate of drug-likeness (QED) is 0.439. The van der Waals surface area contributed by atoms with Crippen LogP contribution in [0.15, 0.2) is 24.3 Å². The van der Waals surface area contributed by atoms with Gasteiger partial charge in [-0.1, -0.05) is 50.5 Å². The summed E-state index contributed by atoms with van der Waals surface area (Å²) in [7, 11) is 0. The van der Waals surface area contributed by atoms with E-state index in [1.54, 1.807) is 0 Å². The Labute approximate surface area is 88.5 Å². The summed E-state index contributed by atoms with van der Waals surface area (Å²) in [6.45, 7) is 2.49. The van der Waals surface area contributed by atoms with Crippen LogP contribution in [0.25, 0.3) is 0 Å². The third kappa shape index (κ3) is 11.4. The first-order valence-corrected chi connectivity index (χ1v) is 5.84. The van der Waals surface area contributed by atoms with Crippen LogP contribution in [-0.4, -0.2) is 11.7 Å². The topological polar surface area (TPSA) is 20.2 Å². The highest BCUT2D eigenvalue weighted by atomic mass is 16.2. The molecule has 1 N–H and O–H groups in total. The van der Waals surface area contributed by atoms with Gasteiger partial charge in [0.2, 0.25) is 0 Å². The second kappa shape index (κ2) is 12.4. The summed E-state index contributed by atoms with van der Waals surface area (Å²) in [6, 6.07) is 0. The largest absolute Gasteiger partial charge is 0.396 e. The average molecular weight is 196 g/mol. The smallest absolute Gasteiger partial charge is 0.0431 e. The number of aliphatic hydroxyl groups is 1. The number of aliphatic hydroxyl groups excluding tert-OH is 1. The normalized spacial score (nSPS) is 11.9. The van der Waals surface area contributed by atoms with Gasteiger partial charge in [-0.25, -0.2) is 0 Å². The summed E-state index contributed by atoms with van der Waals surface area (Å²) >= 11 is 0. The molecule has 1 nitrogen and oxygen atoms in total. The first kappa shape index (κ1) is 13.4. The van der Waals surface area contributed by atoms with Gasteiger partial charge in [0.25, 0.3) is 0 Å². The van der Waals surface area contributed by atoms with Gasteiger partial charge in [-0.05, 0) is 25.7 Å². The minimum absolute atomic E-state index is 0.349. The van der Waals surface area contributed by atoms with Gasteiger partial charge in [0, 0.05) is 6.61 Å². The summed E-state index contributed by atoms with van der Waals surface area (Å²) in [5.74, 6) is 0. The number of unbranched alkanes of at least 4 members (excludes halogenated alkanes) is 5. The molecular weight excluding hydrogens is 172 g/mol. The molecule has 0 fully saturated rings. The molecule has 1 heteroatoms. The van der Waals surface area contributed by atoms with Crippen LogP contribution in [0, 0.1) is 0 Å². The lowest BCUT2D eigenvalue weighted by molar-refractivity contribution is 0.282. The molecule has 0 aromatic rings. The number of hydrogen-bond acceptors (Lipinski definition) is 1. The van der Waals surface area contributed by atoms with Crippen molar-refractivity contribution in [3.63, 3.8) is 0 Å². The van der Waals surface area contributed by atoms with Gasteiger partial charge in [0.1, 0.15) is 0 Å². The Kier molecular flexibility index (Phi) is 11.9. The molecular formula is C13H24O. The van der Waals surface area contributed by atoms with E-state index in [-0.39, 0.29) is 0 Å². The van der Waals surface area contributed by atoms with Crippen LogP contribution >= 0.6 is 0 Å². The summed E-state index contributed by atoms with van der Waals surface area (Å²) in [6.07, 6.45) is 16.9. The van der Waals surface area contributed by atoms with Crippen LogP contribution in [0.4, 0.5) is 0 Å². The van der Waals surface area contributed by atoms with Gasteiger partial charge in [-0.3, -0.25) is 0 Å². The first-order chi connectivity index (χ1) is 6.91. The third-order valence-corrected chi connectivity index (χ3v) is 2.15. The lowest BCUT2D eigenvalue weighted by Crippen LogP contribution is -1.82. The number of hydrogen-bond donors (Lipinski definition) is 1. The Bertz CT molecular complexity index is 147. The van der Waals surface area contributed by atoms with E-state index >= 15 is 0 Å². The van der Waals surface area contributed by atoms with Gasteiger partial charge in [-0.15, -0.1) is 0 Å². The first-order valence-electron chi connectivity index (χ1n) is 5.84. The lowest BCUT2D eigenvalue weighted by atomic mass is 10.1. The molecule has 0 aromatic carbocycles. The zero-order valence-corrected chi connectivity index (χ0v) is 9.41. The highest BCUT2D eigenvalue weighted by molar-refractivity contribution is 5.01. The molecule has 0 heterocycles. The number of allylic oxidation sites excluding steroid dienone is 4. The highest BCUT2D eigenvalue weighted by Gasteiger charge is 1.87. The molecule has 14 heavy (non-hydrogen) atoms. The van der Waals surface area contributed by atoms with E-state index in [1.165, 1.54) is 32.1 Å². The molecule has 0 rings (SSSR count). The van der Waals surface area contributed by atoms with Crippen molar-refractivity contribution in [2.75, 3.05) is 6.61 Å². The Balaban J connectivity index is 3.05. The molecule has 0 aliphatic heterocycles. The Morgan fingerprint density at radius 1 is 0.857 bits per heavy atom. The predicted molar refractivity (Wildman–Crippen MR) is 63.4 cm³/mol. The van der Waals surface area contributed by atoms with Crippen LogP contribution in [0.1, 0.15) is 51.9 Å². The fourth-order valence-electron chi connectivity index (χ4n) is 1.29. The van der Waals surface area contributed by atoms with Gasteiger partial charge in [0.15, 0.2) is 0 Å². The van der Waals surface area contributed by atoms with Gasteiger partial charge >= 0.3 is 0 Å². The van der Waals surface area contributed by atoms with E-state index < -0.39 is 0 Å². The Morgan fingerprint density at radius 2 is 1.50 bits per heavy atom. The highest BCUT2D eigenvalue weighted by Crippen LogP contribution is 2.05. The van der Waals surface area contributed by atoms with E-state index in [2.05, 4.69) is 31.2 Å². The van der Waals surface area contributed by atoms with Gasteiger partial charge in [0.05, 0.1) is 0 Å². The maximum Gasteiger partial charge on any atom is 0.0431 e. The van der Waals surface area contributed by atoms with Crippen LogP contribution in [0.2, 0.25) is 0 Å². The van der Waals surface area contributed by atoms with Crippen molar-refractivity contribution in [2.45, 2.75) is 51.9 Å². The van der Waals surface area contributed by atoms with Crippen LogP contribution in [0.5, 0.6) is 0 Å². The van der Waals surface area contributed by atoms with Crippen LogP contribution in [-0.2, 0) is 0 Å². The zero-order chi connectivity index (χ0) is 10.5. The standard InChI is InChI=1S/C13H24O/c1-2-3-4-5-6-7-8-9-10-11-12-13-14/h3-6,14H,2,7-13H2,1H3. The fraction of sp³-hybridized carbons (Fsp3) is 0.692. The fourth-order valence-corrected chi connectivity index (χ4v) is 1.29. The molecule has 0 bridgehead atoms. The van der Waals surface area contributed by atoms with Crippen LogP contribution < -0.4 is 0 Å². The lowest BCUT2D eigenvalue weighted by Gasteiger charge is -1.96. The molecule has 0 spiro atoms. The molecule has 0 atom stereocenters. The SMILES string of the molecule is CCC=CC=CCCCCCCCO. The van der Waals surface area contributed by atoms with Crippen molar-refractivity contribution in [2.24, 2.45) is 0 Å². The second-order valence-electron chi connectivity index (χ2n) is 3.54. The maximum absolute atomic E-state index is 8.57. The molecule has 0 saturated heterocycles. The van der Waals surface area contributed by atoms with Crippen molar-refractivity contribution >= 4 is 0 Å². The van der Waals surface area contributed by atoms with E-state index in [0.717, 1.165) is 12.8 Å². The van der Waals surface area contributed by atoms with Crippen LogP contribution in [0.3, 0.4) is 0 Å². The number of rotatable bonds is 9. The van der Waals surface area contributed by atoms with Crippen molar-refractivity contribution in [1.82, 2.24) is 0 Å². The van der Waals surface area contributed by atoms with Gasteiger partial charge < -0.3 is 5.11 Å². The van der Waals surface area contributed by atoms with E-state index in [4.69, 9.17) is 5.11 Å². The molecule has 0 amide bonds. The van der Waals surface area contributed by atoms with Crippen molar-refractivity contribution in [3.8, 4) is 0 Å². The molecule has 0 radical (unpaired) electrons. The van der Waals surface area contributed by atoms with Gasteiger partial charge in [-0.2, -0.15) is 0 Å². The van der Waals surface area contributed by atoms with Crippen molar-refractivity contribution in [3.05, 3.63) is 24.3 Å². The van der Waals surface area contributed by atoms with E-state index in [0.29, 0.717) is 6.61 Å². The molecule has 82 valence electrons. The summed E-state index contributed by atoms with van der Waals surface area (Å²) in [5.41, 5.74) is 0.